The van der Waals surface area contributed by atoms with Gasteiger partial charge in [0.2, 0.25) is 5.91 Å². The highest BCUT2D eigenvalue weighted by atomic mass is 16.6. The zero-order chi connectivity index (χ0) is 20.3. The highest BCUT2D eigenvalue weighted by molar-refractivity contribution is 5.78. The van der Waals surface area contributed by atoms with Crippen LogP contribution in [0.4, 0.5) is 10.6 Å². The van der Waals surface area contributed by atoms with Gasteiger partial charge in [-0.15, -0.1) is 0 Å². The second kappa shape index (κ2) is 8.05. The van der Waals surface area contributed by atoms with E-state index in [0.29, 0.717) is 18.7 Å². The molecule has 0 radical (unpaired) electrons. The molecule has 1 unspecified atom stereocenters. The van der Waals surface area contributed by atoms with Gasteiger partial charge in [0.05, 0.1) is 5.56 Å². The first-order valence-electron chi connectivity index (χ1n) is 9.66. The lowest BCUT2D eigenvalue weighted by Crippen LogP contribution is -2.56. The minimum absolute atomic E-state index is 0.0420. The number of amides is 2. The number of hydrogen-bond donors (Lipinski definition) is 1. The fraction of sp³-hybridized carbons (Fsp3) is 0.600. The fourth-order valence-electron chi connectivity index (χ4n) is 3.83. The Morgan fingerprint density at radius 1 is 1.29 bits per heavy atom. The van der Waals surface area contributed by atoms with Crippen LogP contribution in [0, 0.1) is 11.3 Å². The molecule has 2 fully saturated rings. The van der Waals surface area contributed by atoms with Gasteiger partial charge in [0, 0.05) is 44.3 Å². The number of likely N-dealkylation sites (tertiary alicyclic amines) is 1. The van der Waals surface area contributed by atoms with Gasteiger partial charge in [-0.1, -0.05) is 0 Å². The van der Waals surface area contributed by atoms with Gasteiger partial charge in [-0.3, -0.25) is 4.79 Å². The Labute approximate surface area is 165 Å². The molecule has 150 valence electrons. The van der Waals surface area contributed by atoms with E-state index in [-0.39, 0.29) is 31.0 Å². The third kappa shape index (κ3) is 4.71. The lowest BCUT2D eigenvalue weighted by atomic mass is 10.1. The van der Waals surface area contributed by atoms with Gasteiger partial charge in [0.1, 0.15) is 17.5 Å². The number of hydrogen-bond acceptors (Lipinski definition) is 6. The summed E-state index contributed by atoms with van der Waals surface area (Å²) in [6.45, 7) is 6.98. The number of carbonyl (C=O) groups excluding carboxylic acids is 2. The van der Waals surface area contributed by atoms with Crippen LogP contribution in [0.2, 0.25) is 0 Å². The van der Waals surface area contributed by atoms with Crippen LogP contribution in [0.25, 0.3) is 0 Å². The molecule has 2 aliphatic heterocycles. The molecule has 0 spiro atoms. The summed E-state index contributed by atoms with van der Waals surface area (Å²) in [5.41, 5.74) is -0.00860. The summed E-state index contributed by atoms with van der Waals surface area (Å²) in [5, 5.41) is 11.6. The number of alkyl carbamates (subject to hydrolysis) is 1. The average Bonchev–Trinajstić information content (AvgIpc) is 2.89. The van der Waals surface area contributed by atoms with Crippen LogP contribution < -0.4 is 10.2 Å². The van der Waals surface area contributed by atoms with E-state index < -0.39 is 11.7 Å². The molecular formula is C20H27N5O3. The van der Waals surface area contributed by atoms with Crippen molar-refractivity contribution in [2.24, 2.45) is 0 Å². The van der Waals surface area contributed by atoms with Crippen LogP contribution in [0.1, 0.15) is 45.6 Å². The van der Waals surface area contributed by atoms with Gasteiger partial charge in [-0.2, -0.15) is 5.26 Å². The second-order valence-electron chi connectivity index (χ2n) is 8.29. The minimum atomic E-state index is -0.552. The van der Waals surface area contributed by atoms with Crippen molar-refractivity contribution >= 4 is 17.8 Å². The van der Waals surface area contributed by atoms with Gasteiger partial charge in [0.15, 0.2) is 0 Å². The summed E-state index contributed by atoms with van der Waals surface area (Å²) in [5.74, 6) is 0.908. The zero-order valence-electron chi connectivity index (χ0n) is 16.6. The molecule has 0 aromatic carbocycles. The Hall–Kier alpha value is -2.82. The molecular weight excluding hydrogens is 358 g/mol. The lowest BCUT2D eigenvalue weighted by Gasteiger charge is -2.41. The molecule has 3 heterocycles. The smallest absolute Gasteiger partial charge is 0.407 e. The standard InChI is InChI=1S/C20H27N5O3/c1-20(2,3)28-19(27)22-9-8-18(26)24-12-15-5-6-16(13-24)25(15)17-7-4-14(10-21)11-23-17/h4,7,11,15-16H,5-6,8-9,12-13H2,1-3H3,(H,22,27)/t15-,16?/m0/s1. The quantitative estimate of drug-likeness (QED) is 0.852. The minimum Gasteiger partial charge on any atom is -0.444 e. The van der Waals surface area contributed by atoms with Crippen LogP contribution in [-0.4, -0.2) is 59.2 Å². The Morgan fingerprint density at radius 3 is 2.50 bits per heavy atom. The van der Waals surface area contributed by atoms with Crippen molar-refractivity contribution in [1.82, 2.24) is 15.2 Å². The van der Waals surface area contributed by atoms with E-state index in [0.717, 1.165) is 18.7 Å². The number of nitrogens with zero attached hydrogens (tertiary/aromatic N) is 4. The molecule has 2 saturated heterocycles. The maximum absolute atomic E-state index is 12.6. The number of rotatable bonds is 4. The van der Waals surface area contributed by atoms with Gasteiger partial charge in [-0.25, -0.2) is 9.78 Å². The van der Waals surface area contributed by atoms with Crippen LogP contribution in [-0.2, 0) is 9.53 Å². The summed E-state index contributed by atoms with van der Waals surface area (Å²) in [7, 11) is 0. The van der Waals surface area contributed by atoms with E-state index in [4.69, 9.17) is 10.00 Å². The highest BCUT2D eigenvalue weighted by Gasteiger charge is 2.41. The molecule has 2 bridgehead atoms. The molecule has 0 aliphatic carbocycles. The van der Waals surface area contributed by atoms with Crippen molar-refractivity contribution in [2.75, 3.05) is 24.5 Å². The molecule has 8 heteroatoms. The summed E-state index contributed by atoms with van der Waals surface area (Å²) in [4.78, 5) is 32.8. The number of ether oxygens (including phenoxy) is 1. The van der Waals surface area contributed by atoms with E-state index in [1.807, 2.05) is 11.0 Å². The highest BCUT2D eigenvalue weighted by Crippen LogP contribution is 2.34. The summed E-state index contributed by atoms with van der Waals surface area (Å²) < 4.78 is 5.18. The van der Waals surface area contributed by atoms with Gasteiger partial charge in [0.25, 0.3) is 0 Å². The van der Waals surface area contributed by atoms with Gasteiger partial charge >= 0.3 is 6.09 Å². The Kier molecular flexibility index (Phi) is 5.73. The fourth-order valence-corrected chi connectivity index (χ4v) is 3.83. The first kappa shape index (κ1) is 19.9. The normalized spacial score (nSPS) is 21.2. The van der Waals surface area contributed by atoms with E-state index in [2.05, 4.69) is 21.3 Å². The number of carbonyl (C=O) groups is 2. The van der Waals surface area contributed by atoms with Gasteiger partial charge in [-0.05, 0) is 45.7 Å². The monoisotopic (exact) mass is 385 g/mol. The zero-order valence-corrected chi connectivity index (χ0v) is 16.6. The summed E-state index contributed by atoms with van der Waals surface area (Å²) in [6, 6.07) is 6.22. The second-order valence-corrected chi connectivity index (χ2v) is 8.29. The van der Waals surface area contributed by atoms with E-state index in [9.17, 15) is 9.59 Å². The third-order valence-corrected chi connectivity index (χ3v) is 4.98. The van der Waals surface area contributed by atoms with Crippen LogP contribution in [0.5, 0.6) is 0 Å². The topological polar surface area (TPSA) is 98.6 Å². The third-order valence-electron chi connectivity index (χ3n) is 4.98. The Bertz CT molecular complexity index is 752. The molecule has 8 nitrogen and oxygen atoms in total. The molecule has 1 N–H and O–H groups in total. The van der Waals surface area contributed by atoms with Crippen LogP contribution in [0.3, 0.4) is 0 Å². The summed E-state index contributed by atoms with van der Waals surface area (Å²) >= 11 is 0. The van der Waals surface area contributed by atoms with Crippen molar-refractivity contribution in [3.8, 4) is 6.07 Å². The lowest BCUT2D eigenvalue weighted by molar-refractivity contribution is -0.132. The Morgan fingerprint density at radius 2 is 1.96 bits per heavy atom. The number of nitriles is 1. The largest absolute Gasteiger partial charge is 0.444 e. The molecule has 3 rings (SSSR count). The van der Waals surface area contributed by atoms with E-state index in [1.54, 1.807) is 33.0 Å². The van der Waals surface area contributed by atoms with E-state index >= 15 is 0 Å². The molecule has 2 amide bonds. The first-order chi connectivity index (χ1) is 13.3. The predicted molar refractivity (Wildman–Crippen MR) is 104 cm³/mol. The van der Waals surface area contributed by atoms with Crippen LogP contribution in [0.15, 0.2) is 18.3 Å². The van der Waals surface area contributed by atoms with E-state index in [1.165, 1.54) is 0 Å². The number of aromatic nitrogens is 1. The molecule has 1 aromatic rings. The SMILES string of the molecule is CC(C)(C)OC(=O)NCCC(=O)N1CC2CC[C@@H](C1)N2c1ccc(C#N)cn1. The molecule has 2 atom stereocenters. The molecule has 0 saturated carbocycles. The first-order valence-corrected chi connectivity index (χ1v) is 9.66. The van der Waals surface area contributed by atoms with Gasteiger partial charge < -0.3 is 19.9 Å². The molecule has 28 heavy (non-hydrogen) atoms. The van der Waals surface area contributed by atoms with Crippen molar-refractivity contribution in [3.63, 3.8) is 0 Å². The maximum Gasteiger partial charge on any atom is 0.407 e. The number of pyridine rings is 1. The average molecular weight is 385 g/mol. The number of anilines is 1. The van der Waals surface area contributed by atoms with Crippen LogP contribution >= 0.6 is 0 Å². The van der Waals surface area contributed by atoms with Crippen molar-refractivity contribution in [1.29, 1.82) is 5.26 Å². The predicted octanol–water partition coefficient (Wildman–Crippen LogP) is 2.05. The number of piperazine rings is 1. The number of fused-ring (bicyclic) bond motifs is 2. The Balaban J connectivity index is 1.51. The van der Waals surface area contributed by atoms with Crippen molar-refractivity contribution < 1.29 is 14.3 Å². The van der Waals surface area contributed by atoms with Crippen molar-refractivity contribution in [2.45, 2.75) is 57.7 Å². The molecule has 2 aliphatic rings. The number of nitrogens with one attached hydrogen (secondary N) is 1. The molecule has 1 aromatic heterocycles. The summed E-state index contributed by atoms with van der Waals surface area (Å²) in [6.07, 6.45) is 3.39. The van der Waals surface area contributed by atoms with Crippen molar-refractivity contribution in [3.05, 3.63) is 23.9 Å². The maximum atomic E-state index is 12.6.